The van der Waals surface area contributed by atoms with Crippen LogP contribution in [-0.2, 0) is 0 Å². The van der Waals surface area contributed by atoms with Crippen molar-refractivity contribution in [2.45, 2.75) is 31.3 Å². The molecule has 0 spiro atoms. The van der Waals surface area contributed by atoms with Crippen LogP contribution in [0.3, 0.4) is 0 Å². The smallest absolute Gasteiger partial charge is 0.341 e. The molecule has 4 aromatic heterocycles. The average molecular weight is 626 g/mol. The second kappa shape index (κ2) is 11.3. The van der Waals surface area contributed by atoms with E-state index in [4.69, 9.17) is 32.9 Å². The van der Waals surface area contributed by atoms with E-state index >= 15 is 0 Å². The van der Waals surface area contributed by atoms with Gasteiger partial charge in [0.2, 0.25) is 17.3 Å². The van der Waals surface area contributed by atoms with Crippen LogP contribution in [0.25, 0.3) is 16.7 Å². The van der Waals surface area contributed by atoms with Crippen molar-refractivity contribution >= 4 is 52.0 Å². The molecule has 0 aliphatic carbocycles. The number of rotatable bonds is 8. The summed E-state index contributed by atoms with van der Waals surface area (Å²) in [5.74, 6) is 0.00653. The van der Waals surface area contributed by atoms with Gasteiger partial charge >= 0.3 is 5.97 Å². The largest absolute Gasteiger partial charge is 0.477 e. The van der Waals surface area contributed by atoms with Gasteiger partial charge < -0.3 is 24.5 Å². The van der Waals surface area contributed by atoms with Crippen LogP contribution in [0.2, 0.25) is 10.0 Å². The fourth-order valence-corrected chi connectivity index (χ4v) is 5.97. The fraction of sp³-hybridized carbons (Fsp3) is 0.379. The molecule has 43 heavy (non-hydrogen) atoms. The number of carbonyl (C=O) groups is 1. The third kappa shape index (κ3) is 5.34. The average Bonchev–Trinajstić information content (AvgIpc) is 3.33. The number of fused-ring (bicyclic) bond motifs is 1. The zero-order valence-corrected chi connectivity index (χ0v) is 25.4. The van der Waals surface area contributed by atoms with Crippen LogP contribution in [0.1, 0.15) is 30.1 Å². The molecule has 0 unspecified atom stereocenters. The van der Waals surface area contributed by atoms with E-state index < -0.39 is 22.5 Å². The lowest BCUT2D eigenvalue weighted by Gasteiger charge is -2.42. The minimum absolute atomic E-state index is 0.0757. The highest BCUT2D eigenvalue weighted by atomic mass is 35.5. The molecule has 0 amide bonds. The van der Waals surface area contributed by atoms with E-state index in [1.54, 1.807) is 30.7 Å². The Kier molecular flexibility index (Phi) is 7.61. The highest BCUT2D eigenvalue weighted by molar-refractivity contribution is 6.33. The zero-order chi connectivity index (χ0) is 30.5. The molecule has 1 N–H and O–H groups in total. The monoisotopic (exact) mass is 624 g/mol. The third-order valence-electron chi connectivity index (χ3n) is 8.17. The summed E-state index contributed by atoms with van der Waals surface area (Å²) in [4.78, 5) is 49.7. The van der Waals surface area contributed by atoms with E-state index in [1.807, 2.05) is 21.0 Å². The molecule has 2 fully saturated rings. The van der Waals surface area contributed by atoms with Crippen molar-refractivity contribution < 1.29 is 14.6 Å². The Bertz CT molecular complexity index is 1760. The number of carboxylic acids is 1. The molecule has 14 heteroatoms. The van der Waals surface area contributed by atoms with Crippen molar-refractivity contribution in [1.29, 1.82) is 0 Å². The standard InChI is InChI=1S/C29H30Cl2N8O4/c1-29(16-43-26-21(30)6-4-8-32-26)7-5-9-39(29)25-22(31)10-19-23(40)20(27(41)42)15-38(24(19)35-25)17-11-33-28(34-12-17)37-13-18(14-37)36(2)3/h4,6,8,10-12,15,18H,5,7,9,13-14,16H2,1-3H3,(H,41,42)/t29-/m0/s1. The van der Waals surface area contributed by atoms with Gasteiger partial charge in [-0.05, 0) is 52.1 Å². The topological polar surface area (TPSA) is 130 Å². The quantitative estimate of drug-likeness (QED) is 0.307. The van der Waals surface area contributed by atoms with E-state index in [9.17, 15) is 14.7 Å². The second-order valence-corrected chi connectivity index (χ2v) is 12.1. The molecule has 6 heterocycles. The first-order valence-electron chi connectivity index (χ1n) is 13.8. The van der Waals surface area contributed by atoms with Crippen LogP contribution in [0.4, 0.5) is 11.8 Å². The van der Waals surface area contributed by atoms with Gasteiger partial charge in [-0.15, -0.1) is 0 Å². The zero-order valence-electron chi connectivity index (χ0n) is 23.9. The summed E-state index contributed by atoms with van der Waals surface area (Å²) in [5, 5.41) is 10.5. The number of likely N-dealkylation sites (N-methyl/N-ethyl adjacent to an activating group) is 1. The van der Waals surface area contributed by atoms with Crippen LogP contribution < -0.4 is 20.0 Å². The van der Waals surface area contributed by atoms with Crippen molar-refractivity contribution in [2.24, 2.45) is 0 Å². The SMILES string of the molecule is CN(C)C1CN(c2ncc(-n3cc(C(=O)O)c(=O)c4cc(Cl)c(N5CCC[C@@]5(C)COc5ncccc5Cl)nc43)cn2)C1. The molecule has 6 rings (SSSR count). The maximum absolute atomic E-state index is 13.2. The molecular weight excluding hydrogens is 595 g/mol. The maximum Gasteiger partial charge on any atom is 0.341 e. The number of halogens is 2. The van der Waals surface area contributed by atoms with E-state index in [0.717, 1.165) is 25.9 Å². The van der Waals surface area contributed by atoms with Gasteiger partial charge in [-0.1, -0.05) is 23.2 Å². The molecule has 0 bridgehead atoms. The number of ether oxygens (including phenoxy) is 1. The molecule has 224 valence electrons. The summed E-state index contributed by atoms with van der Waals surface area (Å²) in [5.41, 5.74) is -0.899. The number of carboxylic acid groups (broad SMARTS) is 1. The minimum atomic E-state index is -1.36. The van der Waals surface area contributed by atoms with E-state index in [1.165, 1.54) is 16.8 Å². The van der Waals surface area contributed by atoms with Crippen LogP contribution in [0.15, 0.2) is 47.8 Å². The second-order valence-electron chi connectivity index (χ2n) is 11.3. The Morgan fingerprint density at radius 3 is 2.60 bits per heavy atom. The molecule has 0 saturated carbocycles. The Morgan fingerprint density at radius 1 is 1.19 bits per heavy atom. The summed E-state index contributed by atoms with van der Waals surface area (Å²) in [6.45, 7) is 4.58. The lowest BCUT2D eigenvalue weighted by molar-refractivity contribution is 0.0695. The van der Waals surface area contributed by atoms with Gasteiger partial charge in [-0.3, -0.25) is 9.36 Å². The fourth-order valence-electron chi connectivity index (χ4n) is 5.54. The molecule has 0 radical (unpaired) electrons. The van der Waals surface area contributed by atoms with Gasteiger partial charge in [-0.25, -0.2) is 24.7 Å². The highest BCUT2D eigenvalue weighted by Crippen LogP contribution is 2.38. The van der Waals surface area contributed by atoms with Gasteiger partial charge in [-0.2, -0.15) is 0 Å². The molecule has 1 atom stereocenters. The Labute approximate surface area is 257 Å². The Morgan fingerprint density at radius 2 is 1.93 bits per heavy atom. The number of aromatic carboxylic acids is 1. The number of aromatic nitrogens is 5. The molecule has 2 aliphatic rings. The van der Waals surface area contributed by atoms with E-state index in [0.29, 0.717) is 40.9 Å². The van der Waals surface area contributed by atoms with Crippen LogP contribution in [0.5, 0.6) is 5.88 Å². The first kappa shape index (κ1) is 29.1. The van der Waals surface area contributed by atoms with E-state index in [-0.39, 0.29) is 22.7 Å². The van der Waals surface area contributed by atoms with Gasteiger partial charge in [0.25, 0.3) is 0 Å². The first-order chi connectivity index (χ1) is 20.6. The number of pyridine rings is 3. The summed E-state index contributed by atoms with van der Waals surface area (Å²) in [7, 11) is 4.07. The van der Waals surface area contributed by atoms with Crippen molar-refractivity contribution in [3.05, 3.63) is 68.8 Å². The molecule has 0 aromatic carbocycles. The lowest BCUT2D eigenvalue weighted by Crippen LogP contribution is -2.58. The van der Waals surface area contributed by atoms with Crippen LogP contribution >= 0.6 is 23.2 Å². The minimum Gasteiger partial charge on any atom is -0.477 e. The van der Waals surface area contributed by atoms with Crippen LogP contribution in [-0.4, -0.2) is 92.4 Å². The number of hydrogen-bond acceptors (Lipinski definition) is 10. The summed E-state index contributed by atoms with van der Waals surface area (Å²) in [6, 6.07) is 5.36. The predicted molar refractivity (Wildman–Crippen MR) is 164 cm³/mol. The van der Waals surface area contributed by atoms with E-state index in [2.05, 4.69) is 29.7 Å². The molecule has 2 saturated heterocycles. The Hall–Kier alpha value is -4.00. The first-order valence-corrected chi connectivity index (χ1v) is 14.6. The predicted octanol–water partition coefficient (Wildman–Crippen LogP) is 3.76. The van der Waals surface area contributed by atoms with Crippen molar-refractivity contribution in [2.75, 3.05) is 50.1 Å². The summed E-state index contributed by atoms with van der Waals surface area (Å²) in [6.07, 6.45) is 7.72. The number of nitrogens with zero attached hydrogens (tertiary/aromatic N) is 8. The number of hydrogen-bond donors (Lipinski definition) is 1. The normalized spacial score (nSPS) is 18.8. The van der Waals surface area contributed by atoms with Crippen LogP contribution in [0, 0.1) is 0 Å². The van der Waals surface area contributed by atoms with Crippen molar-refractivity contribution in [3.8, 4) is 11.6 Å². The van der Waals surface area contributed by atoms with Gasteiger partial charge in [0, 0.05) is 38.1 Å². The van der Waals surface area contributed by atoms with Gasteiger partial charge in [0.15, 0.2) is 5.65 Å². The maximum atomic E-state index is 13.2. The van der Waals surface area contributed by atoms with Gasteiger partial charge in [0.05, 0.1) is 34.0 Å². The molecular formula is C29H30Cl2N8O4. The third-order valence-corrected chi connectivity index (χ3v) is 8.74. The summed E-state index contributed by atoms with van der Waals surface area (Å²) < 4.78 is 7.55. The molecule has 12 nitrogen and oxygen atoms in total. The highest BCUT2D eigenvalue weighted by Gasteiger charge is 2.40. The lowest BCUT2D eigenvalue weighted by atomic mass is 10.00. The molecule has 4 aromatic rings. The molecule has 2 aliphatic heterocycles. The van der Waals surface area contributed by atoms with Crippen molar-refractivity contribution in [1.82, 2.24) is 29.4 Å². The summed E-state index contributed by atoms with van der Waals surface area (Å²) >= 11 is 13.0. The van der Waals surface area contributed by atoms with Crippen molar-refractivity contribution in [3.63, 3.8) is 0 Å². The van der Waals surface area contributed by atoms with Gasteiger partial charge in [0.1, 0.15) is 23.0 Å². The number of anilines is 2. The Balaban J connectivity index is 1.39.